The second kappa shape index (κ2) is 6.63. The van der Waals surface area contributed by atoms with Crippen LogP contribution < -0.4 is 0 Å². The van der Waals surface area contributed by atoms with Crippen LogP contribution in [0.3, 0.4) is 0 Å². The summed E-state index contributed by atoms with van der Waals surface area (Å²) in [5.41, 5.74) is 1.01. The second-order valence-electron chi connectivity index (χ2n) is 3.94. The SMILES string of the molecule is C=C/C=C\C(=C/C)C1CC(O)CC(CO)O1. The molecular weight excluding hydrogens is 204 g/mol. The molecule has 1 aliphatic heterocycles. The third-order valence-electron chi connectivity index (χ3n) is 2.71. The molecule has 0 radical (unpaired) electrons. The number of allylic oxidation sites excluding steroid dienone is 3. The van der Waals surface area contributed by atoms with Crippen LogP contribution in [-0.4, -0.2) is 35.1 Å². The minimum absolute atomic E-state index is 0.0459. The van der Waals surface area contributed by atoms with Gasteiger partial charge in [-0.15, -0.1) is 0 Å². The van der Waals surface area contributed by atoms with Crippen molar-refractivity contribution in [3.05, 3.63) is 36.5 Å². The van der Waals surface area contributed by atoms with Gasteiger partial charge in [0.2, 0.25) is 0 Å². The van der Waals surface area contributed by atoms with E-state index < -0.39 is 6.10 Å². The number of aliphatic hydroxyl groups excluding tert-OH is 2. The lowest BCUT2D eigenvalue weighted by molar-refractivity contribution is -0.0964. The molecule has 3 atom stereocenters. The smallest absolute Gasteiger partial charge is 0.0851 e. The van der Waals surface area contributed by atoms with E-state index in [-0.39, 0.29) is 18.8 Å². The molecule has 1 rings (SSSR count). The summed E-state index contributed by atoms with van der Waals surface area (Å²) in [4.78, 5) is 0. The van der Waals surface area contributed by atoms with Crippen molar-refractivity contribution in [3.8, 4) is 0 Å². The van der Waals surface area contributed by atoms with Crippen molar-refractivity contribution in [2.75, 3.05) is 6.61 Å². The Bertz CT molecular complexity index is 281. The highest BCUT2D eigenvalue weighted by molar-refractivity contribution is 5.25. The first-order chi connectivity index (χ1) is 7.71. The van der Waals surface area contributed by atoms with Gasteiger partial charge in [-0.1, -0.05) is 30.9 Å². The fraction of sp³-hybridized carbons (Fsp3) is 0.538. The molecule has 0 amide bonds. The van der Waals surface area contributed by atoms with Crippen molar-refractivity contribution < 1.29 is 14.9 Å². The van der Waals surface area contributed by atoms with Gasteiger partial charge < -0.3 is 14.9 Å². The third-order valence-corrected chi connectivity index (χ3v) is 2.71. The van der Waals surface area contributed by atoms with Crippen molar-refractivity contribution in [3.63, 3.8) is 0 Å². The minimum atomic E-state index is -0.400. The van der Waals surface area contributed by atoms with Crippen molar-refractivity contribution in [2.45, 2.75) is 38.1 Å². The summed E-state index contributed by atoms with van der Waals surface area (Å²) in [5.74, 6) is 0. The van der Waals surface area contributed by atoms with E-state index in [4.69, 9.17) is 9.84 Å². The van der Waals surface area contributed by atoms with E-state index in [1.807, 2.05) is 25.2 Å². The Morgan fingerprint density at radius 2 is 2.25 bits per heavy atom. The zero-order valence-electron chi connectivity index (χ0n) is 9.67. The fourth-order valence-electron chi connectivity index (χ4n) is 1.89. The summed E-state index contributed by atoms with van der Waals surface area (Å²) >= 11 is 0. The van der Waals surface area contributed by atoms with E-state index in [0.29, 0.717) is 12.8 Å². The number of hydrogen-bond donors (Lipinski definition) is 2. The van der Waals surface area contributed by atoms with E-state index in [2.05, 4.69) is 6.58 Å². The highest BCUT2D eigenvalue weighted by atomic mass is 16.5. The van der Waals surface area contributed by atoms with Gasteiger partial charge in [-0.3, -0.25) is 0 Å². The lowest BCUT2D eigenvalue weighted by Crippen LogP contribution is -2.38. The Kier molecular flexibility index (Phi) is 5.46. The van der Waals surface area contributed by atoms with Crippen LogP contribution in [0.2, 0.25) is 0 Å². The topological polar surface area (TPSA) is 49.7 Å². The van der Waals surface area contributed by atoms with Crippen LogP contribution in [0, 0.1) is 0 Å². The third kappa shape index (κ3) is 3.59. The van der Waals surface area contributed by atoms with Crippen LogP contribution in [-0.2, 0) is 4.74 Å². The Hall–Kier alpha value is -0.900. The average molecular weight is 224 g/mol. The van der Waals surface area contributed by atoms with Crippen molar-refractivity contribution >= 4 is 0 Å². The Labute approximate surface area is 96.7 Å². The summed E-state index contributed by atoms with van der Waals surface area (Å²) in [6, 6.07) is 0. The number of ether oxygens (including phenoxy) is 1. The lowest BCUT2D eigenvalue weighted by Gasteiger charge is -2.33. The molecule has 0 aromatic carbocycles. The van der Waals surface area contributed by atoms with Crippen LogP contribution in [0.5, 0.6) is 0 Å². The molecule has 3 heteroatoms. The van der Waals surface area contributed by atoms with E-state index in [9.17, 15) is 5.11 Å². The van der Waals surface area contributed by atoms with Gasteiger partial charge in [0.25, 0.3) is 0 Å². The van der Waals surface area contributed by atoms with Gasteiger partial charge in [0, 0.05) is 12.8 Å². The maximum atomic E-state index is 9.69. The number of hydrogen-bond acceptors (Lipinski definition) is 3. The quantitative estimate of drug-likeness (QED) is 0.713. The second-order valence-corrected chi connectivity index (χ2v) is 3.94. The van der Waals surface area contributed by atoms with E-state index in [1.165, 1.54) is 0 Å². The molecule has 0 aliphatic carbocycles. The summed E-state index contributed by atoms with van der Waals surface area (Å²) in [6.07, 6.45) is 7.71. The maximum absolute atomic E-state index is 9.69. The minimum Gasteiger partial charge on any atom is -0.394 e. The molecule has 16 heavy (non-hydrogen) atoms. The van der Waals surface area contributed by atoms with Crippen molar-refractivity contribution in [1.82, 2.24) is 0 Å². The van der Waals surface area contributed by atoms with Gasteiger partial charge in [-0.25, -0.2) is 0 Å². The molecule has 0 spiro atoms. The van der Waals surface area contributed by atoms with Gasteiger partial charge in [-0.05, 0) is 12.5 Å². The molecule has 0 bridgehead atoms. The van der Waals surface area contributed by atoms with Gasteiger partial charge in [0.05, 0.1) is 24.9 Å². The normalized spacial score (nSPS) is 31.9. The Balaban J connectivity index is 2.69. The summed E-state index contributed by atoms with van der Waals surface area (Å²) < 4.78 is 5.69. The van der Waals surface area contributed by atoms with Gasteiger partial charge in [0.15, 0.2) is 0 Å². The summed E-state index contributed by atoms with van der Waals surface area (Å²) in [7, 11) is 0. The standard InChI is InChI=1S/C13H20O3/c1-3-5-6-10(4-2)13-8-11(15)7-12(9-14)16-13/h3-6,11-15H,1,7-9H2,2H3/b6-5-,10-4+. The molecule has 2 N–H and O–H groups in total. The van der Waals surface area contributed by atoms with Gasteiger partial charge >= 0.3 is 0 Å². The number of aliphatic hydroxyl groups is 2. The van der Waals surface area contributed by atoms with E-state index >= 15 is 0 Å². The largest absolute Gasteiger partial charge is 0.394 e. The van der Waals surface area contributed by atoms with Crippen LogP contribution in [0.1, 0.15) is 19.8 Å². The Morgan fingerprint density at radius 3 is 2.81 bits per heavy atom. The molecule has 1 aliphatic rings. The molecule has 0 saturated carbocycles. The van der Waals surface area contributed by atoms with Crippen LogP contribution in [0.15, 0.2) is 36.5 Å². The highest BCUT2D eigenvalue weighted by Crippen LogP contribution is 2.25. The average Bonchev–Trinajstić information content (AvgIpc) is 2.29. The van der Waals surface area contributed by atoms with Gasteiger partial charge in [-0.2, -0.15) is 0 Å². The molecule has 1 fully saturated rings. The first kappa shape index (κ1) is 13.2. The molecule has 0 aromatic heterocycles. The Morgan fingerprint density at radius 1 is 1.50 bits per heavy atom. The zero-order valence-corrected chi connectivity index (χ0v) is 9.67. The summed E-state index contributed by atoms with van der Waals surface area (Å²) in [5, 5.41) is 18.8. The van der Waals surface area contributed by atoms with Crippen LogP contribution >= 0.6 is 0 Å². The monoisotopic (exact) mass is 224 g/mol. The maximum Gasteiger partial charge on any atom is 0.0851 e. The zero-order chi connectivity index (χ0) is 12.0. The van der Waals surface area contributed by atoms with Crippen molar-refractivity contribution in [2.24, 2.45) is 0 Å². The van der Waals surface area contributed by atoms with Crippen molar-refractivity contribution in [1.29, 1.82) is 0 Å². The molecule has 3 nitrogen and oxygen atoms in total. The molecule has 90 valence electrons. The fourth-order valence-corrected chi connectivity index (χ4v) is 1.89. The van der Waals surface area contributed by atoms with Gasteiger partial charge in [0.1, 0.15) is 0 Å². The van der Waals surface area contributed by atoms with Crippen LogP contribution in [0.4, 0.5) is 0 Å². The molecule has 1 saturated heterocycles. The lowest BCUT2D eigenvalue weighted by atomic mass is 9.95. The van der Waals surface area contributed by atoms with E-state index in [0.717, 1.165) is 5.57 Å². The predicted octanol–water partition coefficient (Wildman–Crippen LogP) is 1.58. The number of rotatable bonds is 4. The first-order valence-electron chi connectivity index (χ1n) is 5.61. The highest BCUT2D eigenvalue weighted by Gasteiger charge is 2.28. The molecule has 3 unspecified atom stereocenters. The van der Waals surface area contributed by atoms with E-state index in [1.54, 1.807) is 6.08 Å². The predicted molar refractivity (Wildman–Crippen MR) is 64.1 cm³/mol. The summed E-state index contributed by atoms with van der Waals surface area (Å²) in [6.45, 7) is 5.50. The van der Waals surface area contributed by atoms with Crippen LogP contribution in [0.25, 0.3) is 0 Å². The molecule has 0 aromatic rings. The molecular formula is C13H20O3. The molecule has 1 heterocycles. The first-order valence-corrected chi connectivity index (χ1v) is 5.61.